The van der Waals surface area contributed by atoms with Crippen molar-refractivity contribution in [2.24, 2.45) is 5.92 Å². The van der Waals surface area contributed by atoms with Crippen LogP contribution in [0.25, 0.3) is 0 Å². The Morgan fingerprint density at radius 3 is 2.76 bits per heavy atom. The molecule has 6 nitrogen and oxygen atoms in total. The molecular formula is C11H14N2O4. The SMILES string of the molecule is CC(C)C(=O)N1CCc2onc(C(=O)O)c2C1. The van der Waals surface area contributed by atoms with E-state index in [0.717, 1.165) is 0 Å². The first-order valence-electron chi connectivity index (χ1n) is 5.50. The van der Waals surface area contributed by atoms with Gasteiger partial charge in [-0.2, -0.15) is 0 Å². The molecule has 2 heterocycles. The molecule has 1 aliphatic rings. The Bertz CT molecular complexity index is 464. The van der Waals surface area contributed by atoms with Crippen molar-refractivity contribution in [3.8, 4) is 0 Å². The number of amides is 1. The summed E-state index contributed by atoms with van der Waals surface area (Å²) in [5.41, 5.74) is 0.444. The summed E-state index contributed by atoms with van der Waals surface area (Å²) in [7, 11) is 0. The zero-order valence-corrected chi connectivity index (χ0v) is 9.77. The number of hydrogen-bond acceptors (Lipinski definition) is 4. The number of carboxylic acid groups (broad SMARTS) is 1. The number of rotatable bonds is 2. The Balaban J connectivity index is 2.25. The number of carboxylic acids is 1. The van der Waals surface area contributed by atoms with Crippen LogP contribution in [0, 0.1) is 5.92 Å². The van der Waals surface area contributed by atoms with E-state index in [4.69, 9.17) is 9.63 Å². The van der Waals surface area contributed by atoms with E-state index < -0.39 is 5.97 Å². The van der Waals surface area contributed by atoms with Crippen molar-refractivity contribution < 1.29 is 19.2 Å². The summed E-state index contributed by atoms with van der Waals surface area (Å²) in [5, 5.41) is 12.5. The van der Waals surface area contributed by atoms with Gasteiger partial charge >= 0.3 is 5.97 Å². The number of carbonyl (C=O) groups is 2. The summed E-state index contributed by atoms with van der Waals surface area (Å²) in [5.74, 6) is -0.609. The van der Waals surface area contributed by atoms with Crippen molar-refractivity contribution in [1.82, 2.24) is 10.1 Å². The molecule has 17 heavy (non-hydrogen) atoms. The molecule has 0 aromatic carbocycles. The summed E-state index contributed by atoms with van der Waals surface area (Å²) < 4.78 is 4.97. The fourth-order valence-corrected chi connectivity index (χ4v) is 1.93. The van der Waals surface area contributed by atoms with Crippen LogP contribution < -0.4 is 0 Å². The van der Waals surface area contributed by atoms with E-state index in [0.29, 0.717) is 24.3 Å². The van der Waals surface area contributed by atoms with Crippen LogP contribution in [0.4, 0.5) is 0 Å². The highest BCUT2D eigenvalue weighted by Crippen LogP contribution is 2.23. The largest absolute Gasteiger partial charge is 0.476 e. The molecule has 92 valence electrons. The molecule has 1 N–H and O–H groups in total. The molecule has 0 saturated carbocycles. The molecule has 1 aliphatic heterocycles. The van der Waals surface area contributed by atoms with E-state index in [1.807, 2.05) is 13.8 Å². The summed E-state index contributed by atoms with van der Waals surface area (Å²) in [6, 6.07) is 0. The van der Waals surface area contributed by atoms with Crippen molar-refractivity contribution in [1.29, 1.82) is 0 Å². The first-order chi connectivity index (χ1) is 8.00. The van der Waals surface area contributed by atoms with Gasteiger partial charge in [-0.05, 0) is 0 Å². The highest BCUT2D eigenvalue weighted by atomic mass is 16.5. The number of hydrogen-bond donors (Lipinski definition) is 1. The van der Waals surface area contributed by atoms with Gasteiger partial charge in [0.05, 0.1) is 6.54 Å². The number of nitrogens with zero attached hydrogens (tertiary/aromatic N) is 2. The lowest BCUT2D eigenvalue weighted by molar-refractivity contribution is -0.135. The fourth-order valence-electron chi connectivity index (χ4n) is 1.93. The van der Waals surface area contributed by atoms with Crippen LogP contribution in [-0.4, -0.2) is 33.6 Å². The molecular weight excluding hydrogens is 224 g/mol. The van der Waals surface area contributed by atoms with E-state index in [1.165, 1.54) is 0 Å². The monoisotopic (exact) mass is 238 g/mol. The van der Waals surface area contributed by atoms with Crippen LogP contribution in [0.2, 0.25) is 0 Å². The minimum absolute atomic E-state index is 0.0215. The van der Waals surface area contributed by atoms with Crippen LogP contribution in [0.1, 0.15) is 35.7 Å². The zero-order chi connectivity index (χ0) is 12.6. The van der Waals surface area contributed by atoms with Crippen LogP contribution >= 0.6 is 0 Å². The first kappa shape index (κ1) is 11.6. The van der Waals surface area contributed by atoms with Gasteiger partial charge in [-0.25, -0.2) is 4.79 Å². The lowest BCUT2D eigenvalue weighted by atomic mass is 10.0. The third kappa shape index (κ3) is 2.02. The number of aromatic nitrogens is 1. The van der Waals surface area contributed by atoms with Crippen molar-refractivity contribution in [2.45, 2.75) is 26.8 Å². The second kappa shape index (κ2) is 4.20. The Kier molecular flexibility index (Phi) is 2.87. The predicted molar refractivity (Wildman–Crippen MR) is 57.4 cm³/mol. The Morgan fingerprint density at radius 1 is 1.47 bits per heavy atom. The Hall–Kier alpha value is -1.85. The lowest BCUT2D eigenvalue weighted by Gasteiger charge is -2.27. The standard InChI is InChI=1S/C11H14N2O4/c1-6(2)10(14)13-4-3-8-7(5-13)9(11(15)16)12-17-8/h6H,3-5H2,1-2H3,(H,15,16). The molecule has 1 aromatic rings. The zero-order valence-electron chi connectivity index (χ0n) is 9.77. The van der Waals surface area contributed by atoms with E-state index in [-0.39, 0.29) is 24.1 Å². The normalized spacial score (nSPS) is 14.9. The quantitative estimate of drug-likeness (QED) is 0.828. The lowest BCUT2D eigenvalue weighted by Crippen LogP contribution is -2.38. The van der Waals surface area contributed by atoms with E-state index >= 15 is 0 Å². The molecule has 6 heteroatoms. The van der Waals surface area contributed by atoms with Gasteiger partial charge in [0.2, 0.25) is 5.91 Å². The molecule has 0 radical (unpaired) electrons. The molecule has 0 saturated heterocycles. The van der Waals surface area contributed by atoms with Gasteiger partial charge < -0.3 is 14.5 Å². The van der Waals surface area contributed by atoms with Gasteiger partial charge in [-0.15, -0.1) is 0 Å². The smallest absolute Gasteiger partial charge is 0.358 e. The highest BCUT2D eigenvalue weighted by Gasteiger charge is 2.30. The molecule has 0 bridgehead atoms. The summed E-state index contributed by atoms with van der Waals surface area (Å²) >= 11 is 0. The maximum Gasteiger partial charge on any atom is 0.358 e. The minimum atomic E-state index is -1.12. The van der Waals surface area contributed by atoms with Crippen LogP contribution in [0.5, 0.6) is 0 Å². The average Bonchev–Trinajstić information content (AvgIpc) is 2.70. The van der Waals surface area contributed by atoms with E-state index in [9.17, 15) is 9.59 Å². The summed E-state index contributed by atoms with van der Waals surface area (Å²) in [6.07, 6.45) is 0.522. The van der Waals surface area contributed by atoms with Gasteiger partial charge in [-0.3, -0.25) is 4.79 Å². The predicted octanol–water partition coefficient (Wildman–Crippen LogP) is 0.914. The fraction of sp³-hybridized carbons (Fsp3) is 0.545. The molecule has 0 aliphatic carbocycles. The Labute approximate surface area is 98.2 Å². The number of aromatic carboxylic acids is 1. The molecule has 0 atom stereocenters. The first-order valence-corrected chi connectivity index (χ1v) is 5.50. The molecule has 1 aromatic heterocycles. The number of fused-ring (bicyclic) bond motifs is 1. The van der Waals surface area contributed by atoms with Crippen LogP contribution in [0.3, 0.4) is 0 Å². The van der Waals surface area contributed by atoms with Gasteiger partial charge in [0.25, 0.3) is 0 Å². The van der Waals surface area contributed by atoms with Crippen LogP contribution in [0.15, 0.2) is 4.52 Å². The third-order valence-corrected chi connectivity index (χ3v) is 2.84. The maximum atomic E-state index is 11.8. The van der Waals surface area contributed by atoms with Gasteiger partial charge in [0.15, 0.2) is 5.69 Å². The molecule has 2 rings (SSSR count). The summed E-state index contributed by atoms with van der Waals surface area (Å²) in [6.45, 7) is 4.48. The molecule has 1 amide bonds. The van der Waals surface area contributed by atoms with Gasteiger partial charge in [0, 0.05) is 24.4 Å². The second-order valence-electron chi connectivity index (χ2n) is 4.40. The van der Waals surface area contributed by atoms with Crippen molar-refractivity contribution in [2.75, 3.05) is 6.54 Å². The summed E-state index contributed by atoms with van der Waals surface area (Å²) in [4.78, 5) is 24.4. The van der Waals surface area contributed by atoms with Gasteiger partial charge in [0.1, 0.15) is 5.76 Å². The maximum absolute atomic E-state index is 11.8. The average molecular weight is 238 g/mol. The number of carbonyl (C=O) groups excluding carboxylic acids is 1. The van der Waals surface area contributed by atoms with Crippen molar-refractivity contribution in [3.05, 3.63) is 17.0 Å². The minimum Gasteiger partial charge on any atom is -0.476 e. The third-order valence-electron chi connectivity index (χ3n) is 2.84. The topological polar surface area (TPSA) is 83.6 Å². The molecule has 0 fully saturated rings. The van der Waals surface area contributed by atoms with E-state index in [1.54, 1.807) is 4.90 Å². The van der Waals surface area contributed by atoms with Crippen molar-refractivity contribution >= 4 is 11.9 Å². The second-order valence-corrected chi connectivity index (χ2v) is 4.40. The molecule has 0 spiro atoms. The van der Waals surface area contributed by atoms with Gasteiger partial charge in [-0.1, -0.05) is 19.0 Å². The Morgan fingerprint density at radius 2 is 2.18 bits per heavy atom. The van der Waals surface area contributed by atoms with E-state index in [2.05, 4.69) is 5.16 Å². The highest BCUT2D eigenvalue weighted by molar-refractivity contribution is 5.87. The molecule has 0 unspecified atom stereocenters. The van der Waals surface area contributed by atoms with Crippen LogP contribution in [-0.2, 0) is 17.8 Å². The van der Waals surface area contributed by atoms with Crippen molar-refractivity contribution in [3.63, 3.8) is 0 Å².